The van der Waals surface area contributed by atoms with Gasteiger partial charge in [-0.2, -0.15) is 0 Å². The Morgan fingerprint density at radius 2 is 2.06 bits per heavy atom. The molecule has 1 heterocycles. The van der Waals surface area contributed by atoms with Gasteiger partial charge in [-0.05, 0) is 23.8 Å². The average Bonchev–Trinajstić information content (AvgIpc) is 2.30. The maximum atomic E-state index is 13.3. The van der Waals surface area contributed by atoms with Crippen molar-refractivity contribution in [2.45, 2.75) is 6.04 Å². The van der Waals surface area contributed by atoms with E-state index in [4.69, 9.17) is 0 Å². The van der Waals surface area contributed by atoms with Crippen molar-refractivity contribution in [2.24, 2.45) is 0 Å². The molecule has 1 aliphatic rings. The summed E-state index contributed by atoms with van der Waals surface area (Å²) in [5, 5.41) is 12.8. The van der Waals surface area contributed by atoms with Gasteiger partial charge in [-0.3, -0.25) is 4.90 Å². The van der Waals surface area contributed by atoms with Gasteiger partial charge in [-0.15, -0.1) is 0 Å². The second-order valence-electron chi connectivity index (χ2n) is 4.19. The second kappa shape index (κ2) is 5.91. The molecular weight excluding hydrogens is 287 g/mol. The van der Waals surface area contributed by atoms with Gasteiger partial charge in [0.05, 0.1) is 12.6 Å². The summed E-state index contributed by atoms with van der Waals surface area (Å²) >= 11 is 3.28. The Balaban J connectivity index is 2.21. The van der Waals surface area contributed by atoms with Crippen molar-refractivity contribution in [2.75, 3.05) is 32.8 Å². The van der Waals surface area contributed by atoms with Crippen LogP contribution in [-0.4, -0.2) is 42.8 Å². The molecule has 1 fully saturated rings. The zero-order chi connectivity index (χ0) is 12.3. The van der Waals surface area contributed by atoms with E-state index in [2.05, 4.69) is 26.1 Å². The van der Waals surface area contributed by atoms with Crippen LogP contribution in [0.25, 0.3) is 0 Å². The molecule has 1 aliphatic heterocycles. The van der Waals surface area contributed by atoms with Crippen molar-refractivity contribution >= 4 is 15.9 Å². The van der Waals surface area contributed by atoms with E-state index in [0.717, 1.165) is 31.7 Å². The minimum atomic E-state index is -0.275. The van der Waals surface area contributed by atoms with Crippen molar-refractivity contribution in [3.05, 3.63) is 34.1 Å². The third-order valence-corrected chi connectivity index (χ3v) is 3.49. The van der Waals surface area contributed by atoms with E-state index in [1.807, 2.05) is 6.07 Å². The maximum Gasteiger partial charge on any atom is 0.124 e. The van der Waals surface area contributed by atoms with E-state index in [0.29, 0.717) is 4.47 Å². The van der Waals surface area contributed by atoms with Gasteiger partial charge in [0.15, 0.2) is 0 Å². The Kier molecular flexibility index (Phi) is 4.50. The van der Waals surface area contributed by atoms with Crippen LogP contribution < -0.4 is 5.32 Å². The molecule has 1 aromatic rings. The predicted molar refractivity (Wildman–Crippen MR) is 68.4 cm³/mol. The Morgan fingerprint density at radius 1 is 1.35 bits per heavy atom. The van der Waals surface area contributed by atoms with Gasteiger partial charge in [0.25, 0.3) is 0 Å². The van der Waals surface area contributed by atoms with Crippen molar-refractivity contribution < 1.29 is 9.50 Å². The van der Waals surface area contributed by atoms with E-state index >= 15 is 0 Å². The number of nitrogens with one attached hydrogen (secondary N) is 1. The lowest BCUT2D eigenvalue weighted by molar-refractivity contribution is 0.110. The fourth-order valence-electron chi connectivity index (χ4n) is 2.19. The van der Waals surface area contributed by atoms with Gasteiger partial charge in [-0.1, -0.05) is 15.9 Å². The number of aliphatic hydroxyl groups is 1. The molecule has 17 heavy (non-hydrogen) atoms. The first-order chi connectivity index (χ1) is 8.20. The first kappa shape index (κ1) is 13.0. The van der Waals surface area contributed by atoms with Crippen molar-refractivity contribution in [3.63, 3.8) is 0 Å². The molecule has 0 spiro atoms. The number of halogens is 2. The largest absolute Gasteiger partial charge is 0.394 e. The third kappa shape index (κ3) is 3.25. The van der Waals surface area contributed by atoms with Gasteiger partial charge in [0.1, 0.15) is 5.82 Å². The van der Waals surface area contributed by atoms with Crippen molar-refractivity contribution in [1.82, 2.24) is 10.2 Å². The summed E-state index contributed by atoms with van der Waals surface area (Å²) in [5.74, 6) is -0.275. The predicted octanol–water partition coefficient (Wildman–Crippen LogP) is 1.53. The van der Waals surface area contributed by atoms with Crippen LogP contribution in [0.3, 0.4) is 0 Å². The molecule has 1 saturated heterocycles. The Bertz CT molecular complexity index is 363. The third-order valence-electron chi connectivity index (χ3n) is 3.03. The fraction of sp³-hybridized carbons (Fsp3) is 0.500. The highest BCUT2D eigenvalue weighted by molar-refractivity contribution is 9.10. The first-order valence-electron chi connectivity index (χ1n) is 5.72. The minimum absolute atomic E-state index is 0.00981. The molecule has 0 amide bonds. The average molecular weight is 303 g/mol. The number of nitrogens with zero attached hydrogens (tertiary/aromatic N) is 1. The monoisotopic (exact) mass is 302 g/mol. The van der Waals surface area contributed by atoms with Gasteiger partial charge in [0.2, 0.25) is 0 Å². The number of benzene rings is 1. The summed E-state index contributed by atoms with van der Waals surface area (Å²) in [6.07, 6.45) is 0. The number of hydrogen-bond donors (Lipinski definition) is 2. The number of aliphatic hydroxyl groups excluding tert-OH is 1. The lowest BCUT2D eigenvalue weighted by Crippen LogP contribution is -2.46. The minimum Gasteiger partial charge on any atom is -0.394 e. The zero-order valence-corrected chi connectivity index (χ0v) is 11.1. The summed E-state index contributed by atoms with van der Waals surface area (Å²) in [7, 11) is 0. The standard InChI is InChI=1S/C12H16BrFN2O/c13-10-5-9(6-11(14)7-10)12(8-17)16-3-1-15-2-4-16/h5-7,12,15,17H,1-4,8H2/t12-/m1/s1. The molecular formula is C12H16BrFN2O. The molecule has 0 aromatic heterocycles. The summed E-state index contributed by atoms with van der Waals surface area (Å²) in [4.78, 5) is 2.18. The van der Waals surface area contributed by atoms with Crippen molar-refractivity contribution in [3.8, 4) is 0 Å². The molecule has 1 atom stereocenters. The number of piperazine rings is 1. The molecule has 5 heteroatoms. The normalized spacial score (nSPS) is 19.2. The molecule has 94 valence electrons. The van der Waals surface area contributed by atoms with Gasteiger partial charge in [-0.25, -0.2) is 4.39 Å². The summed E-state index contributed by atoms with van der Waals surface area (Å²) < 4.78 is 14.1. The highest BCUT2D eigenvalue weighted by Gasteiger charge is 2.22. The van der Waals surface area contributed by atoms with Gasteiger partial charge < -0.3 is 10.4 Å². The van der Waals surface area contributed by atoms with Gasteiger partial charge in [0, 0.05) is 30.7 Å². The van der Waals surface area contributed by atoms with Crippen LogP contribution in [0.15, 0.2) is 22.7 Å². The van der Waals surface area contributed by atoms with Crippen molar-refractivity contribution in [1.29, 1.82) is 0 Å². The summed E-state index contributed by atoms with van der Waals surface area (Å²) in [5.41, 5.74) is 0.821. The quantitative estimate of drug-likeness (QED) is 0.889. The Labute approximate surface area is 109 Å². The molecule has 0 unspecified atom stereocenters. The summed E-state index contributed by atoms with van der Waals surface area (Å²) in [6, 6.07) is 4.67. The molecule has 0 aliphatic carbocycles. The van der Waals surface area contributed by atoms with Crippen LogP contribution >= 0.6 is 15.9 Å². The smallest absolute Gasteiger partial charge is 0.124 e. The highest BCUT2D eigenvalue weighted by Crippen LogP contribution is 2.24. The van der Waals surface area contributed by atoms with Crippen LogP contribution in [0, 0.1) is 5.82 Å². The highest BCUT2D eigenvalue weighted by atomic mass is 79.9. The van der Waals surface area contributed by atoms with E-state index in [1.54, 1.807) is 0 Å². The van der Waals surface area contributed by atoms with E-state index in [1.165, 1.54) is 12.1 Å². The Hall–Kier alpha value is -0.490. The first-order valence-corrected chi connectivity index (χ1v) is 6.51. The van der Waals surface area contributed by atoms with E-state index in [9.17, 15) is 9.50 Å². The second-order valence-corrected chi connectivity index (χ2v) is 5.10. The van der Waals surface area contributed by atoms with Crippen LogP contribution in [0.5, 0.6) is 0 Å². The summed E-state index contributed by atoms with van der Waals surface area (Å²) in [6.45, 7) is 3.58. The van der Waals surface area contributed by atoms with E-state index in [-0.39, 0.29) is 18.5 Å². The number of rotatable bonds is 3. The molecule has 0 radical (unpaired) electrons. The molecule has 0 saturated carbocycles. The molecule has 2 N–H and O–H groups in total. The van der Waals surface area contributed by atoms with Gasteiger partial charge >= 0.3 is 0 Å². The maximum absolute atomic E-state index is 13.3. The molecule has 1 aromatic carbocycles. The van der Waals surface area contributed by atoms with Crippen LogP contribution in [-0.2, 0) is 0 Å². The molecule has 3 nitrogen and oxygen atoms in total. The lowest BCUT2D eigenvalue weighted by atomic mass is 10.1. The molecule has 0 bridgehead atoms. The Morgan fingerprint density at radius 3 is 2.65 bits per heavy atom. The van der Waals surface area contributed by atoms with Crippen LogP contribution in [0.2, 0.25) is 0 Å². The lowest BCUT2D eigenvalue weighted by Gasteiger charge is -2.34. The van der Waals surface area contributed by atoms with E-state index < -0.39 is 0 Å². The van der Waals surface area contributed by atoms with Crippen LogP contribution in [0.4, 0.5) is 4.39 Å². The fourth-order valence-corrected chi connectivity index (χ4v) is 2.68. The zero-order valence-electron chi connectivity index (χ0n) is 9.50. The molecule has 2 rings (SSSR count). The SMILES string of the molecule is OC[C@H](c1cc(F)cc(Br)c1)N1CCNCC1. The topological polar surface area (TPSA) is 35.5 Å². The number of hydrogen-bond acceptors (Lipinski definition) is 3. The van der Waals surface area contributed by atoms with Crippen LogP contribution in [0.1, 0.15) is 11.6 Å².